The highest BCUT2D eigenvalue weighted by Gasteiger charge is 2.49. The van der Waals surface area contributed by atoms with Gasteiger partial charge in [-0.2, -0.15) is 0 Å². The third kappa shape index (κ3) is 6.96. The molecule has 2 aliphatic rings. The molecule has 0 amide bonds. The first kappa shape index (κ1) is 36.7. The predicted molar refractivity (Wildman–Crippen MR) is 222 cm³/mol. The maximum Gasteiger partial charge on any atom is 0.219 e. The number of amidine groups is 1. The third-order valence-electron chi connectivity index (χ3n) is 11.4. The molecule has 0 fully saturated rings. The zero-order chi connectivity index (χ0) is 38.0. The van der Waals surface area contributed by atoms with E-state index in [1.807, 2.05) is 18.2 Å². The third-order valence-corrected chi connectivity index (χ3v) is 11.4. The molecule has 5 aromatic rings. The number of hydrogen-bond donors (Lipinski definition) is 1. The van der Waals surface area contributed by atoms with Crippen LogP contribution < -0.4 is 9.64 Å². The average Bonchev–Trinajstić information content (AvgIpc) is 3.43. The van der Waals surface area contributed by atoms with Gasteiger partial charge in [-0.15, -0.1) is 0 Å². The Morgan fingerprint density at radius 1 is 0.792 bits per heavy atom. The number of aromatic hydroxyl groups is 1. The van der Waals surface area contributed by atoms with E-state index in [-0.39, 0.29) is 34.6 Å². The molecule has 53 heavy (non-hydrogen) atoms. The topological polar surface area (TPSA) is 58.0 Å². The van der Waals surface area contributed by atoms with Crippen molar-refractivity contribution in [1.82, 2.24) is 4.98 Å². The summed E-state index contributed by atoms with van der Waals surface area (Å²) in [7, 11) is 0. The van der Waals surface area contributed by atoms with Gasteiger partial charge in [0.2, 0.25) is 5.88 Å². The molecule has 0 saturated carbocycles. The number of rotatable bonds is 7. The van der Waals surface area contributed by atoms with E-state index in [1.165, 1.54) is 33.5 Å². The molecule has 1 N–H and O–H groups in total. The van der Waals surface area contributed by atoms with Crippen LogP contribution in [-0.2, 0) is 18.3 Å². The summed E-state index contributed by atoms with van der Waals surface area (Å²) in [6.07, 6.45) is 1.89. The first-order valence-electron chi connectivity index (χ1n) is 19.6. The first-order valence-corrected chi connectivity index (χ1v) is 19.6. The molecule has 0 bridgehead atoms. The van der Waals surface area contributed by atoms with Crippen molar-refractivity contribution in [2.24, 2.45) is 10.4 Å². The molecule has 2 atom stereocenters. The van der Waals surface area contributed by atoms with Crippen LogP contribution in [-0.4, -0.2) is 28.0 Å². The van der Waals surface area contributed by atoms with Crippen molar-refractivity contribution in [3.63, 3.8) is 0 Å². The van der Waals surface area contributed by atoms with Gasteiger partial charge in [-0.05, 0) is 111 Å². The average molecular weight is 708 g/mol. The Hall–Kier alpha value is -4.64. The maximum absolute atomic E-state index is 11.1. The Labute approximate surface area is 317 Å². The van der Waals surface area contributed by atoms with Gasteiger partial charge in [-0.3, -0.25) is 4.99 Å². The van der Waals surface area contributed by atoms with Gasteiger partial charge in [0.25, 0.3) is 0 Å². The van der Waals surface area contributed by atoms with E-state index in [2.05, 4.69) is 148 Å². The zero-order valence-corrected chi connectivity index (χ0v) is 33.6. The molecule has 5 heteroatoms. The number of anilines is 1. The van der Waals surface area contributed by atoms with E-state index in [0.29, 0.717) is 29.0 Å². The minimum absolute atomic E-state index is 0.0697. The van der Waals surface area contributed by atoms with Gasteiger partial charge in [0.1, 0.15) is 22.9 Å². The molecule has 0 saturated heterocycles. The van der Waals surface area contributed by atoms with Crippen LogP contribution in [0.1, 0.15) is 133 Å². The summed E-state index contributed by atoms with van der Waals surface area (Å²) in [6, 6.07) is 30.5. The van der Waals surface area contributed by atoms with Crippen LogP contribution >= 0.6 is 0 Å². The molecule has 4 aromatic carbocycles. The van der Waals surface area contributed by atoms with Gasteiger partial charge >= 0.3 is 0 Å². The number of pyridine rings is 1. The number of aromatic nitrogens is 1. The SMILES string of the molecule is CC(C)c1cc(Oc2ccc3cc(C(C)(C)C)cc(O)c3n2)cc(C2=N[C@H]3Cc4ccccc4CC(C)(C)[C@H]3N2c2c(C(C)C)cccc2C(C)C)c1. The second kappa shape index (κ2) is 13.6. The second-order valence-electron chi connectivity index (χ2n) is 18.1. The van der Waals surface area contributed by atoms with Crippen LogP contribution in [0.15, 0.2) is 89.9 Å². The highest BCUT2D eigenvalue weighted by Crippen LogP contribution is 2.48. The zero-order valence-electron chi connectivity index (χ0n) is 33.6. The number of benzene rings is 4. The van der Waals surface area contributed by atoms with E-state index in [4.69, 9.17) is 14.7 Å². The van der Waals surface area contributed by atoms with Crippen molar-refractivity contribution >= 4 is 22.4 Å². The minimum atomic E-state index is -0.0911. The second-order valence-corrected chi connectivity index (χ2v) is 18.1. The van der Waals surface area contributed by atoms with E-state index >= 15 is 0 Å². The van der Waals surface area contributed by atoms with Crippen LogP contribution in [0.4, 0.5) is 5.69 Å². The van der Waals surface area contributed by atoms with Gasteiger partial charge in [0, 0.05) is 22.7 Å². The normalized spacial score (nSPS) is 18.4. The lowest BCUT2D eigenvalue weighted by Gasteiger charge is -2.43. The fourth-order valence-electron chi connectivity index (χ4n) is 8.57. The molecule has 0 spiro atoms. The Morgan fingerprint density at radius 2 is 1.47 bits per heavy atom. The number of phenols is 1. The Morgan fingerprint density at radius 3 is 2.11 bits per heavy atom. The van der Waals surface area contributed by atoms with Crippen molar-refractivity contribution in [2.75, 3.05) is 4.90 Å². The summed E-state index contributed by atoms with van der Waals surface area (Å²) in [5, 5.41) is 11.9. The number of nitrogens with zero attached hydrogens (tertiary/aromatic N) is 3. The van der Waals surface area contributed by atoms with E-state index in [1.54, 1.807) is 0 Å². The molecular formula is C48H57N3O2. The summed E-state index contributed by atoms with van der Waals surface area (Å²) >= 11 is 0. The highest BCUT2D eigenvalue weighted by molar-refractivity contribution is 6.13. The quantitative estimate of drug-likeness (QED) is 0.183. The van der Waals surface area contributed by atoms with Crippen LogP contribution in [0.5, 0.6) is 17.4 Å². The van der Waals surface area contributed by atoms with Crippen LogP contribution in [0, 0.1) is 5.41 Å². The monoisotopic (exact) mass is 707 g/mol. The Bertz CT molecular complexity index is 2180. The maximum atomic E-state index is 11.1. The molecule has 1 aliphatic carbocycles. The predicted octanol–water partition coefficient (Wildman–Crippen LogP) is 12.2. The molecule has 1 aliphatic heterocycles. The largest absolute Gasteiger partial charge is 0.506 e. The number of fused-ring (bicyclic) bond motifs is 3. The van der Waals surface area contributed by atoms with Crippen LogP contribution in [0.3, 0.4) is 0 Å². The van der Waals surface area contributed by atoms with Gasteiger partial charge in [0.15, 0.2) is 0 Å². The number of aliphatic imine (C=N–C) groups is 1. The molecule has 1 aromatic heterocycles. The lowest BCUT2D eigenvalue weighted by molar-refractivity contribution is 0.270. The Balaban J connectivity index is 1.40. The fraction of sp³-hybridized carbons (Fsp3) is 0.417. The lowest BCUT2D eigenvalue weighted by Crippen LogP contribution is -2.51. The molecule has 7 rings (SSSR count). The van der Waals surface area contributed by atoms with Crippen molar-refractivity contribution in [3.05, 3.63) is 124 Å². The van der Waals surface area contributed by atoms with Crippen molar-refractivity contribution in [2.45, 2.75) is 124 Å². The molecule has 2 heterocycles. The van der Waals surface area contributed by atoms with Gasteiger partial charge < -0.3 is 14.7 Å². The number of para-hydroxylation sites is 1. The standard InChI is InChI=1S/C48H57N3O2/c1-28(2)34-21-35(24-37(23-34)53-42-20-19-32-22-36(47(7,8)9)26-41(52)43(32)50-42)46-49-40-25-31-15-12-13-16-33(31)27-48(10,11)45(40)51(46)44-38(29(3)4)17-14-18-39(44)30(5)6/h12-24,26,28-30,40,45,52H,25,27H2,1-11H3/t40-,45-/m0/s1. The summed E-state index contributed by atoms with van der Waals surface area (Å²) in [5.41, 5.74) is 10.5. The summed E-state index contributed by atoms with van der Waals surface area (Å²) in [4.78, 5) is 13.2. The first-order chi connectivity index (χ1) is 25.0. The summed E-state index contributed by atoms with van der Waals surface area (Å²) < 4.78 is 6.63. The van der Waals surface area contributed by atoms with Gasteiger partial charge in [0.05, 0.1) is 12.1 Å². The van der Waals surface area contributed by atoms with Crippen LogP contribution in [0.2, 0.25) is 0 Å². The number of hydrogen-bond acceptors (Lipinski definition) is 5. The van der Waals surface area contributed by atoms with E-state index in [9.17, 15) is 5.11 Å². The molecular weight excluding hydrogens is 651 g/mol. The van der Waals surface area contributed by atoms with Crippen LogP contribution in [0.25, 0.3) is 10.9 Å². The molecule has 0 unspecified atom stereocenters. The molecule has 276 valence electrons. The lowest BCUT2D eigenvalue weighted by atomic mass is 9.76. The smallest absolute Gasteiger partial charge is 0.219 e. The van der Waals surface area contributed by atoms with E-state index < -0.39 is 0 Å². The molecule has 0 radical (unpaired) electrons. The van der Waals surface area contributed by atoms with Gasteiger partial charge in [-0.25, -0.2) is 4.98 Å². The highest BCUT2D eigenvalue weighted by atomic mass is 16.5. The minimum Gasteiger partial charge on any atom is -0.506 e. The number of phenolic OH excluding ortho intramolecular Hbond substituents is 1. The number of ether oxygens (including phenoxy) is 1. The summed E-state index contributed by atoms with van der Waals surface area (Å²) in [6.45, 7) is 25.0. The van der Waals surface area contributed by atoms with Crippen molar-refractivity contribution in [1.29, 1.82) is 0 Å². The van der Waals surface area contributed by atoms with E-state index in [0.717, 1.165) is 35.2 Å². The van der Waals surface area contributed by atoms with Gasteiger partial charge in [-0.1, -0.05) is 119 Å². The molecule has 5 nitrogen and oxygen atoms in total. The fourth-order valence-corrected chi connectivity index (χ4v) is 8.57. The summed E-state index contributed by atoms with van der Waals surface area (Å²) in [5.74, 6) is 3.27. The van der Waals surface area contributed by atoms with Crippen molar-refractivity contribution < 1.29 is 9.84 Å². The van der Waals surface area contributed by atoms with Crippen molar-refractivity contribution in [3.8, 4) is 17.4 Å². The Kier molecular flexibility index (Phi) is 9.45.